The number of amides is 1. The number of anilines is 1. The van der Waals surface area contributed by atoms with Gasteiger partial charge in [0, 0.05) is 12.2 Å². The zero-order valence-electron chi connectivity index (χ0n) is 16.2. The molecule has 0 bridgehead atoms. The zero-order chi connectivity index (χ0) is 19.8. The van der Waals surface area contributed by atoms with Crippen LogP contribution in [0, 0.1) is 19.8 Å². The second kappa shape index (κ2) is 7.44. The Hall–Kier alpha value is -2.18. The molecule has 1 N–H and O–H groups in total. The molecule has 1 heterocycles. The molecule has 0 aromatic heterocycles. The van der Waals surface area contributed by atoms with Crippen LogP contribution < -0.4 is 9.62 Å². The van der Waals surface area contributed by atoms with Crippen molar-refractivity contribution in [3.63, 3.8) is 0 Å². The first-order valence-corrected chi connectivity index (χ1v) is 10.7. The minimum Gasteiger partial charge on any atom is -0.310 e. The number of nitrogens with one attached hydrogen (secondary N) is 1. The molecule has 0 spiro atoms. The van der Waals surface area contributed by atoms with Crippen LogP contribution in [0.5, 0.6) is 0 Å². The van der Waals surface area contributed by atoms with Gasteiger partial charge in [0.05, 0.1) is 4.90 Å². The molecule has 27 heavy (non-hydrogen) atoms. The third-order valence-corrected chi connectivity index (χ3v) is 6.59. The van der Waals surface area contributed by atoms with Crippen LogP contribution in [0.1, 0.15) is 30.5 Å². The molecule has 3 rings (SSSR count). The Morgan fingerprint density at radius 3 is 2.48 bits per heavy atom. The molecule has 144 valence electrons. The van der Waals surface area contributed by atoms with Crippen LogP contribution in [0.2, 0.25) is 0 Å². The number of fused-ring (bicyclic) bond motifs is 1. The van der Waals surface area contributed by atoms with E-state index in [1.807, 2.05) is 51.1 Å². The summed E-state index contributed by atoms with van der Waals surface area (Å²) in [7, 11) is -3.80. The van der Waals surface area contributed by atoms with E-state index in [2.05, 4.69) is 4.72 Å². The van der Waals surface area contributed by atoms with E-state index >= 15 is 0 Å². The van der Waals surface area contributed by atoms with Gasteiger partial charge < -0.3 is 4.90 Å². The minimum absolute atomic E-state index is 0.175. The molecule has 0 saturated carbocycles. The molecule has 0 fully saturated rings. The fourth-order valence-corrected chi connectivity index (χ4v) is 5.10. The van der Waals surface area contributed by atoms with Crippen LogP contribution in [0.4, 0.5) is 5.69 Å². The highest BCUT2D eigenvalue weighted by Crippen LogP contribution is 2.29. The molecule has 1 atom stereocenters. The van der Waals surface area contributed by atoms with Crippen molar-refractivity contribution in [3.8, 4) is 0 Å². The van der Waals surface area contributed by atoms with Crippen molar-refractivity contribution in [3.05, 3.63) is 59.2 Å². The number of rotatable bonds is 5. The van der Waals surface area contributed by atoms with Gasteiger partial charge in [-0.25, -0.2) is 8.42 Å². The fraction of sp³-hybridized carbons (Fsp3) is 0.381. The van der Waals surface area contributed by atoms with Gasteiger partial charge in [0.15, 0.2) is 0 Å². The number of hydrogen-bond acceptors (Lipinski definition) is 3. The smallest absolute Gasteiger partial charge is 0.245 e. The van der Waals surface area contributed by atoms with E-state index in [1.165, 1.54) is 0 Å². The van der Waals surface area contributed by atoms with Gasteiger partial charge in [-0.1, -0.05) is 49.7 Å². The number of aryl methyl sites for hydroxylation is 2. The van der Waals surface area contributed by atoms with Gasteiger partial charge in [-0.2, -0.15) is 4.72 Å². The summed E-state index contributed by atoms with van der Waals surface area (Å²) >= 11 is 0. The maximum Gasteiger partial charge on any atom is 0.245 e. The molecule has 1 amide bonds. The van der Waals surface area contributed by atoms with Crippen LogP contribution in [-0.2, 0) is 21.2 Å². The molecule has 0 radical (unpaired) electrons. The van der Waals surface area contributed by atoms with Crippen molar-refractivity contribution in [1.29, 1.82) is 0 Å². The highest BCUT2D eigenvalue weighted by Gasteiger charge is 2.35. The minimum atomic E-state index is -3.80. The monoisotopic (exact) mass is 386 g/mol. The average Bonchev–Trinajstić information content (AvgIpc) is 3.02. The topological polar surface area (TPSA) is 66.5 Å². The van der Waals surface area contributed by atoms with Gasteiger partial charge >= 0.3 is 0 Å². The summed E-state index contributed by atoms with van der Waals surface area (Å²) in [6.07, 6.45) is 0.788. The molecular weight excluding hydrogens is 360 g/mol. The van der Waals surface area contributed by atoms with Crippen molar-refractivity contribution < 1.29 is 13.2 Å². The molecule has 1 aliphatic heterocycles. The lowest BCUT2D eigenvalue weighted by atomic mass is 10.0. The number of para-hydroxylation sites is 1. The zero-order valence-corrected chi connectivity index (χ0v) is 17.0. The molecule has 2 aromatic rings. The Balaban J connectivity index is 1.89. The second-order valence-corrected chi connectivity index (χ2v) is 9.16. The highest BCUT2D eigenvalue weighted by atomic mass is 32.2. The Bertz CT molecular complexity index is 967. The predicted octanol–water partition coefficient (Wildman–Crippen LogP) is 3.20. The largest absolute Gasteiger partial charge is 0.310 e. The molecule has 1 aliphatic rings. The van der Waals surface area contributed by atoms with Gasteiger partial charge in [-0.3, -0.25) is 4.79 Å². The standard InChI is InChI=1S/C21H26N2O3S/c1-14(2)20(21(24)23-12-11-17-7-5-6-8-18(17)23)22-27(25,26)19-10-9-15(3)13-16(19)4/h5-10,13-14,20,22H,11-12H2,1-4H3/t20-/m1/s1. The Morgan fingerprint density at radius 1 is 1.11 bits per heavy atom. The van der Waals surface area contributed by atoms with Crippen LogP contribution in [0.3, 0.4) is 0 Å². The number of nitrogens with zero attached hydrogens (tertiary/aromatic N) is 1. The van der Waals surface area contributed by atoms with Crippen LogP contribution in [0.15, 0.2) is 47.4 Å². The highest BCUT2D eigenvalue weighted by molar-refractivity contribution is 7.89. The lowest BCUT2D eigenvalue weighted by molar-refractivity contribution is -0.121. The molecule has 2 aromatic carbocycles. The average molecular weight is 387 g/mol. The summed E-state index contributed by atoms with van der Waals surface area (Å²) in [5.74, 6) is -0.380. The summed E-state index contributed by atoms with van der Waals surface area (Å²) in [6.45, 7) is 7.98. The van der Waals surface area contributed by atoms with E-state index in [4.69, 9.17) is 0 Å². The fourth-order valence-electron chi connectivity index (χ4n) is 3.54. The summed E-state index contributed by atoms with van der Waals surface area (Å²) < 4.78 is 28.6. The SMILES string of the molecule is Cc1ccc(S(=O)(=O)N[C@@H](C(=O)N2CCc3ccccc32)C(C)C)c(C)c1. The summed E-state index contributed by atoms with van der Waals surface area (Å²) in [5.41, 5.74) is 3.66. The molecular formula is C21H26N2O3S. The third-order valence-electron chi connectivity index (χ3n) is 4.99. The third kappa shape index (κ3) is 3.92. The predicted molar refractivity (Wildman–Crippen MR) is 107 cm³/mol. The van der Waals surface area contributed by atoms with Crippen molar-refractivity contribution in [2.24, 2.45) is 5.92 Å². The maximum absolute atomic E-state index is 13.2. The molecule has 0 saturated heterocycles. The van der Waals surface area contributed by atoms with Crippen molar-refractivity contribution >= 4 is 21.6 Å². The van der Waals surface area contributed by atoms with E-state index in [0.717, 1.165) is 23.2 Å². The van der Waals surface area contributed by atoms with Gasteiger partial charge in [0.2, 0.25) is 15.9 Å². The Labute approximate surface area is 161 Å². The molecule has 0 unspecified atom stereocenters. The summed E-state index contributed by atoms with van der Waals surface area (Å²) in [6, 6.07) is 12.1. The number of hydrogen-bond donors (Lipinski definition) is 1. The van der Waals surface area contributed by atoms with Crippen LogP contribution in [-0.4, -0.2) is 26.9 Å². The van der Waals surface area contributed by atoms with Gasteiger partial charge in [-0.15, -0.1) is 0 Å². The number of carbonyl (C=O) groups excluding carboxylic acids is 1. The Kier molecular flexibility index (Phi) is 5.40. The molecule has 6 heteroatoms. The lowest BCUT2D eigenvalue weighted by Crippen LogP contribution is -2.51. The number of sulfonamides is 1. The van der Waals surface area contributed by atoms with Crippen molar-refractivity contribution in [2.45, 2.75) is 45.1 Å². The first kappa shape index (κ1) is 19.6. The van der Waals surface area contributed by atoms with E-state index in [9.17, 15) is 13.2 Å². The summed E-state index contributed by atoms with van der Waals surface area (Å²) in [5, 5.41) is 0. The van der Waals surface area contributed by atoms with E-state index < -0.39 is 16.1 Å². The van der Waals surface area contributed by atoms with Crippen molar-refractivity contribution in [1.82, 2.24) is 4.72 Å². The molecule has 0 aliphatic carbocycles. The second-order valence-electron chi connectivity index (χ2n) is 7.48. The quantitative estimate of drug-likeness (QED) is 0.858. The summed E-state index contributed by atoms with van der Waals surface area (Å²) in [4.78, 5) is 15.1. The van der Waals surface area contributed by atoms with E-state index in [0.29, 0.717) is 12.1 Å². The first-order valence-electron chi connectivity index (χ1n) is 9.19. The lowest BCUT2D eigenvalue weighted by Gasteiger charge is -2.27. The van der Waals surface area contributed by atoms with E-state index in [-0.39, 0.29) is 16.7 Å². The number of carbonyl (C=O) groups is 1. The van der Waals surface area contributed by atoms with Crippen LogP contribution >= 0.6 is 0 Å². The van der Waals surface area contributed by atoms with Gasteiger partial charge in [-0.05, 0) is 49.4 Å². The van der Waals surface area contributed by atoms with E-state index in [1.54, 1.807) is 24.0 Å². The van der Waals surface area contributed by atoms with Crippen molar-refractivity contribution in [2.75, 3.05) is 11.4 Å². The maximum atomic E-state index is 13.2. The normalized spacial score (nSPS) is 15.1. The number of benzene rings is 2. The Morgan fingerprint density at radius 2 is 1.81 bits per heavy atom. The van der Waals surface area contributed by atoms with Gasteiger partial charge in [0.25, 0.3) is 0 Å². The van der Waals surface area contributed by atoms with Crippen LogP contribution in [0.25, 0.3) is 0 Å². The first-order chi connectivity index (χ1) is 12.7. The molecule has 5 nitrogen and oxygen atoms in total. The van der Waals surface area contributed by atoms with Gasteiger partial charge in [0.1, 0.15) is 6.04 Å².